The van der Waals surface area contributed by atoms with E-state index in [0.29, 0.717) is 52.3 Å². The van der Waals surface area contributed by atoms with E-state index in [9.17, 15) is 61.8 Å². The number of hydrogen-bond donors (Lipinski definition) is 4. The molecule has 3 aromatic rings. The zero-order valence-electron chi connectivity index (χ0n) is 36.4. The summed E-state index contributed by atoms with van der Waals surface area (Å²) >= 11 is 0. The molecule has 0 aromatic heterocycles. The molecule has 22 heteroatoms. The first kappa shape index (κ1) is 50.2. The van der Waals surface area contributed by atoms with Crippen molar-refractivity contribution in [2.45, 2.75) is 80.4 Å². The lowest BCUT2D eigenvalue weighted by Crippen LogP contribution is -2.28. The van der Waals surface area contributed by atoms with E-state index in [1.807, 2.05) is 43.2 Å². The third kappa shape index (κ3) is 11.5. The normalized spacial score (nSPS) is 18.6. The fourth-order valence-corrected chi connectivity index (χ4v) is 10.5. The highest BCUT2D eigenvalue weighted by Gasteiger charge is 2.45. The number of fused-ring (bicyclic) bond motifs is 2. The molecule has 0 bridgehead atoms. The van der Waals surface area contributed by atoms with Crippen LogP contribution in [-0.2, 0) is 56.0 Å². The number of unbranched alkanes of at least 4 members (excludes halogenated alkanes) is 2. The van der Waals surface area contributed by atoms with Crippen molar-refractivity contribution in [2.24, 2.45) is 0 Å². The van der Waals surface area contributed by atoms with Crippen molar-refractivity contribution in [1.82, 2.24) is 0 Å². The molecule has 0 spiro atoms. The Labute approximate surface area is 384 Å². The summed E-state index contributed by atoms with van der Waals surface area (Å²) in [5.74, 6) is -1.47. The number of allylic oxidation sites excluding steroid dienone is 6. The first-order valence-corrected chi connectivity index (χ1v) is 26.7. The predicted molar refractivity (Wildman–Crippen MR) is 242 cm³/mol. The van der Waals surface area contributed by atoms with Gasteiger partial charge in [0.15, 0.2) is 17.2 Å². The Morgan fingerprint density at radius 1 is 0.788 bits per heavy atom. The second kappa shape index (κ2) is 18.8. The van der Waals surface area contributed by atoms with Crippen LogP contribution in [0.25, 0.3) is 0 Å². The summed E-state index contributed by atoms with van der Waals surface area (Å²) in [7, 11) is -17.9. The lowest BCUT2D eigenvalue weighted by atomic mass is 9.81. The van der Waals surface area contributed by atoms with Gasteiger partial charge in [-0.1, -0.05) is 19.9 Å². The third-order valence-electron chi connectivity index (χ3n) is 11.7. The number of hydrogen-bond acceptors (Lipinski definition) is 13. The molecule has 0 amide bonds. The summed E-state index contributed by atoms with van der Waals surface area (Å²) < 4.78 is 150. The summed E-state index contributed by atoms with van der Waals surface area (Å²) in [6, 6.07) is 14.1. The average molecular weight is 991 g/mol. The summed E-state index contributed by atoms with van der Waals surface area (Å²) in [5.41, 5.74) is 2.44. The minimum absolute atomic E-state index is 0.0123. The molecular weight excluding hydrogens is 941 g/mol. The van der Waals surface area contributed by atoms with E-state index in [-0.39, 0.29) is 71.6 Å². The van der Waals surface area contributed by atoms with Crippen LogP contribution in [0.4, 0.5) is 11.4 Å². The molecule has 0 saturated heterocycles. The maximum absolute atomic E-state index is 12.2. The van der Waals surface area contributed by atoms with Crippen LogP contribution in [-0.4, -0.2) is 104 Å². The van der Waals surface area contributed by atoms with Gasteiger partial charge >= 0.3 is 5.97 Å². The number of benzene rings is 3. The fourth-order valence-electron chi connectivity index (χ4n) is 8.34. The standard InChI is InChI=1S/C44H50N2O16S4/c1-43(2)34-27-32(65(55,56)57)14-16-36(34)45(22-5-7-25-63(49,50)51)39(43)19-11-29-21-24-61-38(41(29)62-31-12-9-30(10-13-31)42(47)48)18-20-40-44(3,4)35-28-33(66(58,59)60)15-17-37(35)46(40)23-6-8-26-64(52,53)54/h9-20,27-28H,5-8,21-26H2,1-4H3,(H4-,47,48,49,50,51,52,53,54,55,56,57,58,59,60). The van der Waals surface area contributed by atoms with Crippen LogP contribution in [0.3, 0.4) is 0 Å². The topological polar surface area (TPSA) is 282 Å². The summed E-state index contributed by atoms with van der Waals surface area (Å²) in [6.45, 7) is 8.05. The van der Waals surface area contributed by atoms with Gasteiger partial charge < -0.3 is 24.0 Å². The van der Waals surface area contributed by atoms with Gasteiger partial charge in [0, 0.05) is 65.2 Å². The Morgan fingerprint density at radius 2 is 1.41 bits per heavy atom. The molecule has 66 heavy (non-hydrogen) atoms. The van der Waals surface area contributed by atoms with Crippen LogP contribution < -0.4 is 9.64 Å². The molecule has 0 aliphatic carbocycles. The Morgan fingerprint density at radius 3 is 2.02 bits per heavy atom. The van der Waals surface area contributed by atoms with E-state index < -0.39 is 68.8 Å². The zero-order valence-corrected chi connectivity index (χ0v) is 39.6. The number of carbonyl (C=O) groups is 1. The van der Waals surface area contributed by atoms with E-state index >= 15 is 0 Å². The fraction of sp³-hybridized carbons (Fsp3) is 0.364. The highest BCUT2D eigenvalue weighted by atomic mass is 32.2. The minimum atomic E-state index is -4.59. The number of aromatic carboxylic acids is 1. The molecule has 0 fully saturated rings. The Hall–Kier alpha value is -5.20. The van der Waals surface area contributed by atoms with Crippen LogP contribution in [0, 0.1) is 0 Å². The smallest absolute Gasteiger partial charge is 0.335 e. The number of ether oxygens (including phenoxy) is 2. The highest BCUT2D eigenvalue weighted by Crippen LogP contribution is 2.49. The van der Waals surface area contributed by atoms with Crippen molar-refractivity contribution in [3.8, 4) is 5.75 Å². The molecule has 3 aliphatic rings. The van der Waals surface area contributed by atoms with Crippen molar-refractivity contribution in [2.75, 3.05) is 36.1 Å². The molecule has 0 atom stereocenters. The molecule has 4 N–H and O–H groups in total. The van der Waals surface area contributed by atoms with Gasteiger partial charge in [-0.2, -0.15) is 29.8 Å². The van der Waals surface area contributed by atoms with Crippen LogP contribution in [0.5, 0.6) is 5.75 Å². The highest BCUT2D eigenvalue weighted by molar-refractivity contribution is 7.86. The average Bonchev–Trinajstić information content (AvgIpc) is 3.56. The molecule has 3 heterocycles. The number of anilines is 1. The van der Waals surface area contributed by atoms with E-state index in [0.717, 1.165) is 0 Å². The summed E-state index contributed by atoms with van der Waals surface area (Å²) in [4.78, 5) is 12.9. The lowest BCUT2D eigenvalue weighted by Gasteiger charge is -2.27. The molecule has 18 nitrogen and oxygen atoms in total. The molecular formula is C44H50N2O16S4. The number of carboxylic acids is 1. The largest absolute Gasteiger partial charge is 0.748 e. The van der Waals surface area contributed by atoms with E-state index in [1.165, 1.54) is 54.6 Å². The third-order valence-corrected chi connectivity index (χ3v) is 15.0. The maximum Gasteiger partial charge on any atom is 0.335 e. The van der Waals surface area contributed by atoms with E-state index in [1.54, 1.807) is 24.3 Å². The SMILES string of the molecule is CC1(C)C(/C=C/C2=C(Oc3ccc(C(=O)O)cc3)C(=C/C=C3/N(CCCCS(=O)(=O)O)c4ccc(S(=O)(=O)O)cc4C3(C)C)/CCO2)=[N+](CCCCS(=O)(=O)[O-])c2ccc(S(=O)(=O)O)cc21. The van der Waals surface area contributed by atoms with E-state index in [2.05, 4.69) is 0 Å². The number of rotatable bonds is 18. The maximum atomic E-state index is 12.2. The first-order valence-electron chi connectivity index (χ1n) is 20.6. The second-order valence-corrected chi connectivity index (χ2v) is 22.9. The van der Waals surface area contributed by atoms with Crippen LogP contribution in [0.1, 0.15) is 81.3 Å². The van der Waals surface area contributed by atoms with Crippen LogP contribution >= 0.6 is 0 Å². The molecule has 0 radical (unpaired) electrons. The first-order chi connectivity index (χ1) is 30.6. The van der Waals surface area contributed by atoms with Crippen molar-refractivity contribution in [1.29, 1.82) is 0 Å². The van der Waals surface area contributed by atoms with Gasteiger partial charge in [0.05, 0.1) is 43.2 Å². The van der Waals surface area contributed by atoms with E-state index in [4.69, 9.17) is 9.47 Å². The number of carboxylic acid groups (broad SMARTS) is 1. The minimum Gasteiger partial charge on any atom is -0.748 e. The van der Waals surface area contributed by atoms with Gasteiger partial charge in [-0.15, -0.1) is 0 Å². The van der Waals surface area contributed by atoms with Gasteiger partial charge in [0.2, 0.25) is 5.69 Å². The molecule has 6 rings (SSSR count). The second-order valence-electron chi connectivity index (χ2n) is 17.0. The van der Waals surface area contributed by atoms with Crippen molar-refractivity contribution in [3.05, 3.63) is 124 Å². The van der Waals surface area contributed by atoms with Crippen LogP contribution in [0.2, 0.25) is 0 Å². The van der Waals surface area contributed by atoms with Gasteiger partial charge in [-0.05, 0) is 105 Å². The predicted octanol–water partition coefficient (Wildman–Crippen LogP) is 6.12. The molecule has 0 unspecified atom stereocenters. The molecule has 3 aliphatic heterocycles. The monoisotopic (exact) mass is 990 g/mol. The quantitative estimate of drug-likeness (QED) is 0.0634. The van der Waals surface area contributed by atoms with Gasteiger partial charge in [0.1, 0.15) is 12.3 Å². The molecule has 0 saturated carbocycles. The van der Waals surface area contributed by atoms with Crippen molar-refractivity contribution < 1.29 is 75.8 Å². The Bertz CT molecular complexity index is 3060. The summed E-state index contributed by atoms with van der Waals surface area (Å²) in [6.07, 6.45) is 8.07. The molecule has 356 valence electrons. The Balaban J connectivity index is 1.48. The molecule has 3 aromatic carbocycles. The van der Waals surface area contributed by atoms with Crippen molar-refractivity contribution >= 4 is 63.5 Å². The van der Waals surface area contributed by atoms with Gasteiger partial charge in [-0.25, -0.2) is 13.2 Å². The van der Waals surface area contributed by atoms with Gasteiger partial charge in [-0.3, -0.25) is 13.7 Å². The van der Waals surface area contributed by atoms with Crippen molar-refractivity contribution in [3.63, 3.8) is 0 Å². The number of nitrogens with zero attached hydrogens (tertiary/aromatic N) is 2. The van der Waals surface area contributed by atoms with Crippen LogP contribution in [0.15, 0.2) is 118 Å². The summed E-state index contributed by atoms with van der Waals surface area (Å²) in [5, 5.41) is 9.54. The Kier molecular flexibility index (Phi) is 14.3. The van der Waals surface area contributed by atoms with Gasteiger partial charge in [0.25, 0.3) is 30.4 Å². The zero-order chi connectivity index (χ0) is 48.6. The lowest BCUT2D eigenvalue weighted by molar-refractivity contribution is -0.438.